The predicted octanol–water partition coefficient (Wildman–Crippen LogP) is 3.84. The highest BCUT2D eigenvalue weighted by Crippen LogP contribution is 2.30. The fourth-order valence-corrected chi connectivity index (χ4v) is 2.65. The van der Waals surface area contributed by atoms with Crippen molar-refractivity contribution in [3.8, 4) is 10.6 Å². The Labute approximate surface area is 128 Å². The molecule has 0 fully saturated rings. The summed E-state index contributed by atoms with van der Waals surface area (Å²) in [4.78, 5) is 16.5. The lowest BCUT2D eigenvalue weighted by atomic mass is 10.1. The lowest BCUT2D eigenvalue weighted by Gasteiger charge is -2.24. The molecular formula is C16H19NO3S. The van der Waals surface area contributed by atoms with E-state index in [1.54, 1.807) is 0 Å². The molecule has 0 saturated carbocycles. The molecule has 1 heterocycles. The number of rotatable bonds is 4. The second kappa shape index (κ2) is 6.37. The highest BCUT2D eigenvalue weighted by molar-refractivity contribution is 7.13. The second-order valence-electron chi connectivity index (χ2n) is 5.58. The Hall–Kier alpha value is -1.72. The van der Waals surface area contributed by atoms with E-state index in [-0.39, 0.29) is 0 Å². The molecule has 0 bridgehead atoms. The molecule has 5 heteroatoms. The van der Waals surface area contributed by atoms with Crippen molar-refractivity contribution >= 4 is 17.3 Å². The molecule has 21 heavy (non-hydrogen) atoms. The molecular weight excluding hydrogens is 286 g/mol. The van der Waals surface area contributed by atoms with Crippen LogP contribution in [0.25, 0.3) is 10.6 Å². The van der Waals surface area contributed by atoms with E-state index < -0.39 is 17.7 Å². The third kappa shape index (κ3) is 4.12. The van der Waals surface area contributed by atoms with Crippen molar-refractivity contribution in [1.29, 1.82) is 0 Å². The minimum atomic E-state index is -0.802. The molecule has 1 aromatic heterocycles. The molecule has 0 amide bonds. The monoisotopic (exact) mass is 305 g/mol. The summed E-state index contributed by atoms with van der Waals surface area (Å²) in [5, 5.41) is 2.70. The lowest BCUT2D eigenvalue weighted by Crippen LogP contribution is -2.28. The highest BCUT2D eigenvalue weighted by Gasteiger charge is 2.30. The third-order valence-electron chi connectivity index (χ3n) is 2.70. The number of ether oxygens (including phenoxy) is 2. The predicted molar refractivity (Wildman–Crippen MR) is 83.1 cm³/mol. The maximum Gasteiger partial charge on any atom is 0.341 e. The number of hydrogen-bond donors (Lipinski definition) is 0. The van der Waals surface area contributed by atoms with E-state index in [0.29, 0.717) is 5.69 Å². The SMILES string of the molecule is COC(=O)C(OC(C)(C)C)c1csc(-c2ccccc2)n1. The fourth-order valence-electron chi connectivity index (χ4n) is 1.81. The van der Waals surface area contributed by atoms with Gasteiger partial charge in [-0.05, 0) is 20.8 Å². The minimum Gasteiger partial charge on any atom is -0.467 e. The minimum absolute atomic E-state index is 0.435. The number of hydrogen-bond acceptors (Lipinski definition) is 5. The largest absolute Gasteiger partial charge is 0.467 e. The van der Waals surface area contributed by atoms with Crippen LogP contribution in [0.4, 0.5) is 0 Å². The zero-order valence-corrected chi connectivity index (χ0v) is 13.4. The third-order valence-corrected chi connectivity index (χ3v) is 3.61. The van der Waals surface area contributed by atoms with Crippen LogP contribution in [0.2, 0.25) is 0 Å². The van der Waals surface area contributed by atoms with Crippen molar-refractivity contribution in [3.63, 3.8) is 0 Å². The van der Waals surface area contributed by atoms with Gasteiger partial charge >= 0.3 is 5.97 Å². The van der Waals surface area contributed by atoms with Crippen LogP contribution in [0.1, 0.15) is 32.6 Å². The molecule has 2 rings (SSSR count). The van der Waals surface area contributed by atoms with Gasteiger partial charge in [-0.15, -0.1) is 11.3 Å². The smallest absolute Gasteiger partial charge is 0.341 e. The van der Waals surface area contributed by atoms with Crippen LogP contribution in [0, 0.1) is 0 Å². The summed E-state index contributed by atoms with van der Waals surface area (Å²) in [6, 6.07) is 9.85. The molecule has 4 nitrogen and oxygen atoms in total. The van der Waals surface area contributed by atoms with Gasteiger partial charge in [0.15, 0.2) is 6.10 Å². The van der Waals surface area contributed by atoms with Crippen molar-refractivity contribution in [2.45, 2.75) is 32.5 Å². The first-order chi connectivity index (χ1) is 9.90. The Morgan fingerprint density at radius 1 is 1.24 bits per heavy atom. The molecule has 2 aromatic rings. The summed E-state index contributed by atoms with van der Waals surface area (Å²) in [7, 11) is 1.35. The van der Waals surface area contributed by atoms with E-state index in [2.05, 4.69) is 4.98 Å². The Kier molecular flexibility index (Phi) is 4.75. The fraction of sp³-hybridized carbons (Fsp3) is 0.375. The molecule has 0 aliphatic carbocycles. The summed E-state index contributed by atoms with van der Waals surface area (Å²) in [5.41, 5.74) is 1.14. The summed E-state index contributed by atoms with van der Waals surface area (Å²) in [6.07, 6.45) is -0.802. The zero-order valence-electron chi connectivity index (χ0n) is 12.6. The first-order valence-electron chi connectivity index (χ1n) is 6.67. The number of esters is 1. The van der Waals surface area contributed by atoms with Crippen molar-refractivity contribution in [2.75, 3.05) is 7.11 Å². The molecule has 0 radical (unpaired) electrons. The maximum absolute atomic E-state index is 12.0. The van der Waals surface area contributed by atoms with E-state index in [0.717, 1.165) is 10.6 Å². The lowest BCUT2D eigenvalue weighted by molar-refractivity contribution is -0.164. The van der Waals surface area contributed by atoms with Gasteiger partial charge in [0.05, 0.1) is 18.4 Å². The maximum atomic E-state index is 12.0. The van der Waals surface area contributed by atoms with Crippen LogP contribution in [0.15, 0.2) is 35.7 Å². The van der Waals surface area contributed by atoms with Crippen LogP contribution in [-0.4, -0.2) is 23.7 Å². The molecule has 1 aromatic carbocycles. The molecule has 0 spiro atoms. The number of carbonyl (C=O) groups excluding carboxylic acids is 1. The average molecular weight is 305 g/mol. The molecule has 0 N–H and O–H groups in total. The van der Waals surface area contributed by atoms with Crippen molar-refractivity contribution in [3.05, 3.63) is 41.4 Å². The van der Waals surface area contributed by atoms with Gasteiger partial charge in [-0.2, -0.15) is 0 Å². The number of carbonyl (C=O) groups is 1. The Balaban J connectivity index is 2.29. The molecule has 0 aliphatic heterocycles. The Bertz CT molecular complexity index is 601. The van der Waals surface area contributed by atoms with E-state index in [1.165, 1.54) is 18.4 Å². The van der Waals surface area contributed by atoms with Gasteiger partial charge in [0.2, 0.25) is 0 Å². The number of thiazole rings is 1. The van der Waals surface area contributed by atoms with Gasteiger partial charge in [0.25, 0.3) is 0 Å². The number of benzene rings is 1. The van der Waals surface area contributed by atoms with Crippen molar-refractivity contribution in [1.82, 2.24) is 4.98 Å². The molecule has 0 aliphatic rings. The molecule has 112 valence electrons. The first-order valence-corrected chi connectivity index (χ1v) is 7.55. The number of nitrogens with zero attached hydrogens (tertiary/aromatic N) is 1. The average Bonchev–Trinajstić information content (AvgIpc) is 2.93. The zero-order chi connectivity index (χ0) is 15.5. The van der Waals surface area contributed by atoms with E-state index >= 15 is 0 Å². The summed E-state index contributed by atoms with van der Waals surface area (Å²) < 4.78 is 10.6. The van der Waals surface area contributed by atoms with Crippen LogP contribution >= 0.6 is 11.3 Å². The number of methoxy groups -OCH3 is 1. The van der Waals surface area contributed by atoms with Crippen molar-refractivity contribution in [2.24, 2.45) is 0 Å². The Morgan fingerprint density at radius 3 is 2.48 bits per heavy atom. The van der Waals surface area contributed by atoms with Gasteiger partial charge in [-0.3, -0.25) is 0 Å². The van der Waals surface area contributed by atoms with Crippen LogP contribution in [0.5, 0.6) is 0 Å². The molecule has 0 saturated heterocycles. The van der Waals surface area contributed by atoms with Gasteiger partial charge in [-0.25, -0.2) is 9.78 Å². The second-order valence-corrected chi connectivity index (χ2v) is 6.44. The summed E-state index contributed by atoms with van der Waals surface area (Å²) in [6.45, 7) is 5.69. The Morgan fingerprint density at radius 2 is 1.90 bits per heavy atom. The van der Waals surface area contributed by atoms with Crippen LogP contribution in [-0.2, 0) is 14.3 Å². The van der Waals surface area contributed by atoms with E-state index in [4.69, 9.17) is 9.47 Å². The topological polar surface area (TPSA) is 48.4 Å². The van der Waals surface area contributed by atoms with Gasteiger partial charge in [0.1, 0.15) is 5.01 Å². The quantitative estimate of drug-likeness (QED) is 0.805. The van der Waals surface area contributed by atoms with Gasteiger partial charge < -0.3 is 9.47 Å². The normalized spacial score (nSPS) is 13.0. The highest BCUT2D eigenvalue weighted by atomic mass is 32.1. The van der Waals surface area contributed by atoms with E-state index in [9.17, 15) is 4.79 Å². The van der Waals surface area contributed by atoms with Crippen LogP contribution < -0.4 is 0 Å². The first kappa shape index (κ1) is 15.7. The standard InChI is InChI=1S/C16H19NO3S/c1-16(2,3)20-13(15(18)19-4)12-10-21-14(17-12)11-8-6-5-7-9-11/h5-10,13H,1-4H3. The molecule has 1 unspecified atom stereocenters. The van der Waals surface area contributed by atoms with Crippen molar-refractivity contribution < 1.29 is 14.3 Å². The summed E-state index contributed by atoms with van der Waals surface area (Å²) >= 11 is 1.49. The summed E-state index contributed by atoms with van der Waals surface area (Å²) in [5.74, 6) is -0.435. The van der Waals surface area contributed by atoms with Crippen LogP contribution in [0.3, 0.4) is 0 Å². The van der Waals surface area contributed by atoms with Gasteiger partial charge in [-0.1, -0.05) is 30.3 Å². The number of aromatic nitrogens is 1. The van der Waals surface area contributed by atoms with Gasteiger partial charge in [0, 0.05) is 10.9 Å². The van der Waals surface area contributed by atoms with E-state index in [1.807, 2.05) is 56.5 Å². The molecule has 1 atom stereocenters.